The van der Waals surface area contributed by atoms with Crippen molar-refractivity contribution in [3.63, 3.8) is 0 Å². The van der Waals surface area contributed by atoms with Gasteiger partial charge in [0.1, 0.15) is 18.0 Å². The second kappa shape index (κ2) is 8.00. The molecule has 0 aliphatic rings. The maximum absolute atomic E-state index is 11.7. The van der Waals surface area contributed by atoms with Crippen LogP contribution in [0.1, 0.15) is 25.3 Å². The van der Waals surface area contributed by atoms with Gasteiger partial charge in [0.2, 0.25) is 0 Å². The fourth-order valence-corrected chi connectivity index (χ4v) is 1.48. The van der Waals surface area contributed by atoms with Crippen molar-refractivity contribution >= 4 is 11.8 Å². The predicted molar refractivity (Wildman–Crippen MR) is 75.3 cm³/mol. The Hall–Kier alpha value is -2.28. The van der Waals surface area contributed by atoms with E-state index >= 15 is 0 Å². The molecule has 0 saturated carbocycles. The third-order valence-corrected chi connectivity index (χ3v) is 2.83. The number of benzene rings is 1. The molecule has 0 radical (unpaired) electrons. The van der Waals surface area contributed by atoms with Crippen molar-refractivity contribution < 1.29 is 19.1 Å². The highest BCUT2D eigenvalue weighted by Gasteiger charge is 2.15. The van der Waals surface area contributed by atoms with Crippen LogP contribution in [0.5, 0.6) is 5.75 Å². The number of esters is 1. The van der Waals surface area contributed by atoms with E-state index < -0.39 is 5.97 Å². The summed E-state index contributed by atoms with van der Waals surface area (Å²) >= 11 is 0. The Morgan fingerprint density at radius 1 is 1.20 bits per heavy atom. The zero-order valence-corrected chi connectivity index (χ0v) is 11.9. The minimum Gasteiger partial charge on any atom is -0.497 e. The first-order valence-corrected chi connectivity index (χ1v) is 6.29. The average Bonchev–Trinajstić information content (AvgIpc) is 2.47. The summed E-state index contributed by atoms with van der Waals surface area (Å²) < 4.78 is 9.51. The molecule has 0 bridgehead atoms. The van der Waals surface area contributed by atoms with Gasteiger partial charge in [-0.15, -0.1) is 0 Å². The van der Waals surface area contributed by atoms with Crippen LogP contribution in [0, 0.1) is 17.8 Å². The second-order valence-electron chi connectivity index (χ2n) is 4.35. The van der Waals surface area contributed by atoms with Crippen LogP contribution in [0.25, 0.3) is 0 Å². The van der Waals surface area contributed by atoms with Crippen molar-refractivity contribution in [2.45, 2.75) is 19.8 Å². The van der Waals surface area contributed by atoms with E-state index in [2.05, 4.69) is 16.6 Å². The maximum atomic E-state index is 11.7. The molecule has 0 heterocycles. The van der Waals surface area contributed by atoms with Crippen LogP contribution in [0.4, 0.5) is 0 Å². The van der Waals surface area contributed by atoms with Gasteiger partial charge in [-0.25, -0.2) is 0 Å². The smallest absolute Gasteiger partial charge is 0.313 e. The fourth-order valence-electron chi connectivity index (χ4n) is 1.48. The minimum absolute atomic E-state index is 0.152. The maximum Gasteiger partial charge on any atom is 0.313 e. The molecule has 1 aromatic rings. The third-order valence-electron chi connectivity index (χ3n) is 2.83. The van der Waals surface area contributed by atoms with Gasteiger partial charge in [0.25, 0.3) is 0 Å². The number of ketones is 1. The van der Waals surface area contributed by atoms with Crippen molar-refractivity contribution in [1.29, 1.82) is 0 Å². The van der Waals surface area contributed by atoms with Crippen molar-refractivity contribution in [2.24, 2.45) is 5.92 Å². The number of hydrogen-bond donors (Lipinski definition) is 0. The number of carbonyl (C=O) groups is 2. The Kier molecular flexibility index (Phi) is 6.31. The van der Waals surface area contributed by atoms with Gasteiger partial charge in [0.05, 0.1) is 14.2 Å². The first-order chi connectivity index (χ1) is 9.56. The molecule has 0 amide bonds. The summed E-state index contributed by atoms with van der Waals surface area (Å²) in [6.45, 7) is 1.76. The van der Waals surface area contributed by atoms with E-state index in [9.17, 15) is 9.59 Å². The van der Waals surface area contributed by atoms with Gasteiger partial charge in [-0.1, -0.05) is 18.8 Å². The van der Waals surface area contributed by atoms with Gasteiger partial charge in [0.15, 0.2) is 0 Å². The number of rotatable bonds is 5. The zero-order chi connectivity index (χ0) is 15.0. The summed E-state index contributed by atoms with van der Waals surface area (Å²) in [5, 5.41) is 0. The van der Waals surface area contributed by atoms with Crippen LogP contribution in [0.15, 0.2) is 24.3 Å². The summed E-state index contributed by atoms with van der Waals surface area (Å²) in [5.74, 6) is 5.76. The van der Waals surface area contributed by atoms with Crippen LogP contribution in [0.3, 0.4) is 0 Å². The summed E-state index contributed by atoms with van der Waals surface area (Å²) in [5.41, 5.74) is 0.860. The SMILES string of the molecule is COC(=O)CC(=O)C(C)CC#Cc1ccc(OC)cc1. The Balaban J connectivity index is 2.51. The molecular formula is C16H18O4. The molecule has 1 rings (SSSR count). The first-order valence-electron chi connectivity index (χ1n) is 6.29. The van der Waals surface area contributed by atoms with E-state index in [1.165, 1.54) is 7.11 Å². The number of Topliss-reactive ketones (excluding diaryl/α,β-unsaturated/α-hetero) is 1. The van der Waals surface area contributed by atoms with E-state index in [0.717, 1.165) is 11.3 Å². The van der Waals surface area contributed by atoms with Gasteiger partial charge < -0.3 is 9.47 Å². The van der Waals surface area contributed by atoms with E-state index in [1.54, 1.807) is 14.0 Å². The summed E-state index contributed by atoms with van der Waals surface area (Å²) in [7, 11) is 2.87. The number of carbonyl (C=O) groups excluding carboxylic acids is 2. The molecule has 20 heavy (non-hydrogen) atoms. The lowest BCUT2D eigenvalue weighted by Gasteiger charge is -2.04. The lowest BCUT2D eigenvalue weighted by atomic mass is 10.0. The van der Waals surface area contributed by atoms with Gasteiger partial charge >= 0.3 is 5.97 Å². The lowest BCUT2D eigenvalue weighted by Crippen LogP contribution is -2.16. The quantitative estimate of drug-likeness (QED) is 0.469. The van der Waals surface area contributed by atoms with Crippen molar-refractivity contribution in [2.75, 3.05) is 14.2 Å². The van der Waals surface area contributed by atoms with Crippen LogP contribution >= 0.6 is 0 Å². The van der Waals surface area contributed by atoms with E-state index in [1.807, 2.05) is 24.3 Å². The topological polar surface area (TPSA) is 52.6 Å². The minimum atomic E-state index is -0.509. The second-order valence-corrected chi connectivity index (χ2v) is 4.35. The molecule has 0 spiro atoms. The van der Waals surface area contributed by atoms with Gasteiger partial charge in [-0.05, 0) is 24.3 Å². The largest absolute Gasteiger partial charge is 0.497 e. The Morgan fingerprint density at radius 3 is 2.40 bits per heavy atom. The van der Waals surface area contributed by atoms with Crippen molar-refractivity contribution in [3.8, 4) is 17.6 Å². The molecule has 4 nitrogen and oxygen atoms in total. The normalized spacial score (nSPS) is 10.9. The molecule has 1 aromatic carbocycles. The molecule has 106 valence electrons. The Morgan fingerprint density at radius 2 is 1.85 bits per heavy atom. The highest BCUT2D eigenvalue weighted by molar-refractivity contribution is 5.96. The molecule has 1 unspecified atom stereocenters. The van der Waals surface area contributed by atoms with E-state index in [4.69, 9.17) is 4.74 Å². The van der Waals surface area contributed by atoms with Crippen molar-refractivity contribution in [3.05, 3.63) is 29.8 Å². The van der Waals surface area contributed by atoms with Crippen molar-refractivity contribution in [1.82, 2.24) is 0 Å². The number of ether oxygens (including phenoxy) is 2. The van der Waals surface area contributed by atoms with Crippen LogP contribution in [-0.4, -0.2) is 26.0 Å². The molecule has 4 heteroatoms. The van der Waals surface area contributed by atoms with Crippen LogP contribution in [-0.2, 0) is 14.3 Å². The first kappa shape index (κ1) is 15.8. The molecular weight excluding hydrogens is 256 g/mol. The Labute approximate surface area is 119 Å². The third kappa shape index (κ3) is 5.15. The standard InChI is InChI=1S/C16H18O4/c1-12(15(17)11-16(18)20-3)5-4-6-13-7-9-14(19-2)10-8-13/h7-10,12H,5,11H2,1-3H3. The number of hydrogen-bond acceptors (Lipinski definition) is 4. The van der Waals surface area contributed by atoms with Crippen LogP contribution in [0.2, 0.25) is 0 Å². The monoisotopic (exact) mass is 274 g/mol. The van der Waals surface area contributed by atoms with E-state index in [0.29, 0.717) is 6.42 Å². The molecule has 1 atom stereocenters. The average molecular weight is 274 g/mol. The predicted octanol–water partition coefficient (Wildman–Crippen LogP) is 2.21. The van der Waals surface area contributed by atoms with Gasteiger partial charge in [-0.3, -0.25) is 9.59 Å². The summed E-state index contributed by atoms with van der Waals surface area (Å²) in [6, 6.07) is 7.37. The molecule has 0 aromatic heterocycles. The van der Waals surface area contributed by atoms with E-state index in [-0.39, 0.29) is 18.1 Å². The summed E-state index contributed by atoms with van der Waals surface area (Å²) in [4.78, 5) is 22.6. The summed E-state index contributed by atoms with van der Waals surface area (Å²) in [6.07, 6.45) is 0.226. The number of methoxy groups -OCH3 is 2. The van der Waals surface area contributed by atoms with Gasteiger partial charge in [0, 0.05) is 17.9 Å². The zero-order valence-electron chi connectivity index (χ0n) is 11.9. The highest BCUT2D eigenvalue weighted by atomic mass is 16.5. The molecule has 0 aliphatic carbocycles. The van der Waals surface area contributed by atoms with Crippen LogP contribution < -0.4 is 4.74 Å². The molecule has 0 fully saturated rings. The molecule has 0 N–H and O–H groups in total. The Bertz CT molecular complexity index is 520. The highest BCUT2D eigenvalue weighted by Crippen LogP contribution is 2.11. The molecule has 0 aliphatic heterocycles. The van der Waals surface area contributed by atoms with Gasteiger partial charge in [-0.2, -0.15) is 0 Å². The molecule has 0 saturated heterocycles. The lowest BCUT2D eigenvalue weighted by molar-refractivity contribution is -0.144. The fraction of sp³-hybridized carbons (Fsp3) is 0.375.